The van der Waals surface area contributed by atoms with Gasteiger partial charge in [-0.15, -0.1) is 0 Å². The quantitative estimate of drug-likeness (QED) is 0.337. The fourth-order valence-corrected chi connectivity index (χ4v) is 5.55. The van der Waals surface area contributed by atoms with Crippen LogP contribution in [-0.2, 0) is 14.4 Å². The molecule has 0 radical (unpaired) electrons. The zero-order chi connectivity index (χ0) is 28.8. The average molecular weight is 551 g/mol. The van der Waals surface area contributed by atoms with E-state index in [-0.39, 0.29) is 36.7 Å². The Morgan fingerprint density at radius 1 is 1.05 bits per heavy atom. The Kier molecular flexibility index (Phi) is 9.13. The number of nitrogens with one attached hydrogen (secondary N) is 1. The zero-order valence-electron chi connectivity index (χ0n) is 22.5. The monoisotopic (exact) mass is 550 g/mol. The number of carboxylic acid groups (broad SMARTS) is 1. The van der Waals surface area contributed by atoms with Crippen LogP contribution in [0.1, 0.15) is 72.5 Å². The fraction of sp³-hybridized carbons (Fsp3) is 0.448. The molecule has 0 aromatic heterocycles. The number of nitro groups is 1. The molecule has 40 heavy (non-hydrogen) atoms. The molecular weight excluding hydrogens is 516 g/mol. The normalized spacial score (nSPS) is 18.0. The van der Waals surface area contributed by atoms with Crippen molar-refractivity contribution in [2.75, 3.05) is 13.1 Å². The maximum atomic E-state index is 13.8. The molecule has 0 spiro atoms. The van der Waals surface area contributed by atoms with Crippen LogP contribution in [0.3, 0.4) is 0 Å². The zero-order valence-corrected chi connectivity index (χ0v) is 22.5. The molecule has 11 nitrogen and oxygen atoms in total. The molecule has 1 saturated heterocycles. The summed E-state index contributed by atoms with van der Waals surface area (Å²) in [5.41, 5.74) is 1.32. The lowest BCUT2D eigenvalue weighted by molar-refractivity contribution is -0.384. The van der Waals surface area contributed by atoms with E-state index in [1.807, 2.05) is 6.92 Å². The van der Waals surface area contributed by atoms with E-state index in [0.29, 0.717) is 17.9 Å². The summed E-state index contributed by atoms with van der Waals surface area (Å²) in [4.78, 5) is 65.7. The third-order valence-electron chi connectivity index (χ3n) is 7.71. The first-order valence-corrected chi connectivity index (χ1v) is 13.6. The molecule has 1 aliphatic carbocycles. The van der Waals surface area contributed by atoms with Crippen molar-refractivity contribution in [2.24, 2.45) is 5.92 Å². The predicted octanol–water partition coefficient (Wildman–Crippen LogP) is 3.82. The van der Waals surface area contributed by atoms with Crippen molar-refractivity contribution in [3.8, 4) is 0 Å². The minimum atomic E-state index is -1.28. The highest BCUT2D eigenvalue weighted by atomic mass is 16.6. The van der Waals surface area contributed by atoms with Crippen molar-refractivity contribution in [3.63, 3.8) is 0 Å². The summed E-state index contributed by atoms with van der Waals surface area (Å²) in [7, 11) is 0. The molecule has 1 saturated carbocycles. The Labute approximate surface area is 232 Å². The molecule has 4 rings (SSSR count). The summed E-state index contributed by atoms with van der Waals surface area (Å²) in [5, 5.41) is 23.5. The Bertz CT molecular complexity index is 1270. The van der Waals surface area contributed by atoms with E-state index in [1.54, 1.807) is 24.3 Å². The first-order chi connectivity index (χ1) is 19.1. The van der Waals surface area contributed by atoms with E-state index >= 15 is 0 Å². The van der Waals surface area contributed by atoms with Gasteiger partial charge in [0.15, 0.2) is 6.17 Å². The molecule has 2 aliphatic rings. The van der Waals surface area contributed by atoms with E-state index < -0.39 is 41.3 Å². The Hall–Kier alpha value is -4.28. The summed E-state index contributed by atoms with van der Waals surface area (Å²) in [6.07, 6.45) is 3.60. The second-order valence-electron chi connectivity index (χ2n) is 10.5. The smallest absolute Gasteiger partial charge is 0.305 e. The maximum Gasteiger partial charge on any atom is 0.305 e. The van der Waals surface area contributed by atoms with Crippen LogP contribution in [0.4, 0.5) is 5.69 Å². The third kappa shape index (κ3) is 6.83. The number of carbonyl (C=O) groups excluding carboxylic acids is 3. The predicted molar refractivity (Wildman–Crippen MR) is 145 cm³/mol. The number of nitro benzene ring substituents is 1. The van der Waals surface area contributed by atoms with Crippen molar-refractivity contribution < 1.29 is 29.2 Å². The minimum Gasteiger partial charge on any atom is -0.481 e. The largest absolute Gasteiger partial charge is 0.481 e. The molecule has 1 aliphatic heterocycles. The summed E-state index contributed by atoms with van der Waals surface area (Å²) >= 11 is 0. The van der Waals surface area contributed by atoms with Crippen molar-refractivity contribution in [3.05, 3.63) is 75.3 Å². The third-order valence-corrected chi connectivity index (χ3v) is 7.71. The van der Waals surface area contributed by atoms with Gasteiger partial charge in [0.25, 0.3) is 17.5 Å². The summed E-state index contributed by atoms with van der Waals surface area (Å²) in [5.74, 6) is -2.13. The lowest BCUT2D eigenvalue weighted by Crippen LogP contribution is -2.54. The first-order valence-electron chi connectivity index (χ1n) is 13.6. The Morgan fingerprint density at radius 2 is 1.73 bits per heavy atom. The number of carboxylic acids is 1. The number of hydrogen-bond donors (Lipinski definition) is 2. The van der Waals surface area contributed by atoms with Crippen LogP contribution >= 0.6 is 0 Å². The van der Waals surface area contributed by atoms with Gasteiger partial charge >= 0.3 is 5.97 Å². The number of aliphatic carboxylic acids is 1. The van der Waals surface area contributed by atoms with Crippen LogP contribution in [0.25, 0.3) is 0 Å². The Balaban J connectivity index is 1.60. The standard InChI is InChI=1S/C29H34N4O7/c1-19-9-12-21(13-10-19)29(38)32-16-15-31(25(34)14-11-20-5-2-3-6-20)28(32)27(37)30-24(18-26(35)36)22-7-4-8-23(17-22)33(39)40/h4,7-10,12-13,17,20,24,28H,2-3,5-6,11,14-16,18H2,1H3,(H,30,37)(H,35,36). The molecule has 2 atom stereocenters. The van der Waals surface area contributed by atoms with Gasteiger partial charge in [0.2, 0.25) is 5.91 Å². The number of nitrogens with zero attached hydrogens (tertiary/aromatic N) is 3. The van der Waals surface area contributed by atoms with Gasteiger partial charge < -0.3 is 20.2 Å². The van der Waals surface area contributed by atoms with Gasteiger partial charge in [-0.05, 0) is 37.0 Å². The fourth-order valence-electron chi connectivity index (χ4n) is 5.55. The second kappa shape index (κ2) is 12.7. The molecule has 2 aromatic rings. The molecule has 2 unspecified atom stereocenters. The molecule has 212 valence electrons. The first kappa shape index (κ1) is 28.7. The molecule has 2 N–H and O–H groups in total. The second-order valence-corrected chi connectivity index (χ2v) is 10.5. The number of benzene rings is 2. The minimum absolute atomic E-state index is 0.139. The van der Waals surface area contributed by atoms with E-state index in [2.05, 4.69) is 5.32 Å². The van der Waals surface area contributed by atoms with Gasteiger partial charge in [-0.3, -0.25) is 29.3 Å². The van der Waals surface area contributed by atoms with E-state index in [4.69, 9.17) is 0 Å². The van der Waals surface area contributed by atoms with Crippen molar-refractivity contribution in [2.45, 2.75) is 64.1 Å². The van der Waals surface area contributed by atoms with Gasteiger partial charge in [-0.1, -0.05) is 55.5 Å². The molecule has 2 fully saturated rings. The molecule has 0 bridgehead atoms. The summed E-state index contributed by atoms with van der Waals surface area (Å²) in [6, 6.07) is 11.2. The Morgan fingerprint density at radius 3 is 2.38 bits per heavy atom. The summed E-state index contributed by atoms with van der Waals surface area (Å²) in [6.45, 7) is 2.20. The van der Waals surface area contributed by atoms with Crippen LogP contribution in [0.2, 0.25) is 0 Å². The lowest BCUT2D eigenvalue weighted by Gasteiger charge is -2.31. The number of hydrogen-bond acceptors (Lipinski definition) is 6. The number of non-ortho nitro benzene ring substituents is 1. The van der Waals surface area contributed by atoms with Gasteiger partial charge in [-0.25, -0.2) is 0 Å². The highest BCUT2D eigenvalue weighted by Crippen LogP contribution is 2.30. The number of carbonyl (C=O) groups is 4. The highest BCUT2D eigenvalue weighted by Gasteiger charge is 2.43. The SMILES string of the molecule is Cc1ccc(C(=O)N2CCN(C(=O)CCC3CCCC3)C2C(=O)NC(CC(=O)O)c2cccc([N+](=O)[O-])c2)cc1. The number of amides is 3. The van der Waals surface area contributed by atoms with Crippen LogP contribution in [0.5, 0.6) is 0 Å². The van der Waals surface area contributed by atoms with Crippen LogP contribution < -0.4 is 5.32 Å². The van der Waals surface area contributed by atoms with Crippen LogP contribution in [0.15, 0.2) is 48.5 Å². The van der Waals surface area contributed by atoms with Crippen molar-refractivity contribution in [1.82, 2.24) is 15.1 Å². The summed E-state index contributed by atoms with van der Waals surface area (Å²) < 4.78 is 0. The highest BCUT2D eigenvalue weighted by molar-refractivity contribution is 5.99. The maximum absolute atomic E-state index is 13.8. The van der Waals surface area contributed by atoms with Crippen molar-refractivity contribution >= 4 is 29.4 Å². The molecule has 3 amide bonds. The van der Waals surface area contributed by atoms with E-state index in [9.17, 15) is 34.4 Å². The van der Waals surface area contributed by atoms with Crippen LogP contribution in [0, 0.1) is 23.0 Å². The molecular formula is C29H34N4O7. The van der Waals surface area contributed by atoms with Gasteiger partial charge in [0, 0.05) is 37.2 Å². The topological polar surface area (TPSA) is 150 Å². The molecule has 1 heterocycles. The van der Waals surface area contributed by atoms with Gasteiger partial charge in [0.05, 0.1) is 17.4 Å². The average Bonchev–Trinajstić information content (AvgIpc) is 3.62. The van der Waals surface area contributed by atoms with Crippen molar-refractivity contribution in [1.29, 1.82) is 0 Å². The number of aryl methyl sites for hydroxylation is 1. The molecule has 2 aromatic carbocycles. The van der Waals surface area contributed by atoms with E-state index in [0.717, 1.165) is 31.2 Å². The van der Waals surface area contributed by atoms with Gasteiger partial charge in [-0.2, -0.15) is 0 Å². The lowest BCUT2D eigenvalue weighted by atomic mass is 10.0. The van der Waals surface area contributed by atoms with E-state index in [1.165, 1.54) is 34.1 Å². The molecule has 11 heteroatoms. The number of rotatable bonds is 10. The van der Waals surface area contributed by atoms with Crippen LogP contribution in [-0.4, -0.2) is 62.8 Å². The van der Waals surface area contributed by atoms with Gasteiger partial charge in [0.1, 0.15) is 0 Å².